The van der Waals surface area contributed by atoms with Crippen molar-refractivity contribution in [2.75, 3.05) is 27.4 Å². The third-order valence-electron chi connectivity index (χ3n) is 3.83. The summed E-state index contributed by atoms with van der Waals surface area (Å²) in [7, 11) is 3.10. The van der Waals surface area contributed by atoms with Crippen LogP contribution in [0.15, 0.2) is 42.5 Å². The second kappa shape index (κ2) is 10.4. The molecule has 0 aromatic heterocycles. The van der Waals surface area contributed by atoms with Crippen molar-refractivity contribution in [2.24, 2.45) is 0 Å². The number of nitrogens with one attached hydrogen (secondary N) is 1. The summed E-state index contributed by atoms with van der Waals surface area (Å²) in [5.41, 5.74) is 0.739. The number of amides is 1. The first-order valence-electron chi connectivity index (χ1n) is 8.48. The Hall–Kier alpha value is -2.93. The summed E-state index contributed by atoms with van der Waals surface area (Å²) in [6.45, 7) is 1.01. The third-order valence-corrected chi connectivity index (χ3v) is 4.14. The largest absolute Gasteiger partial charge is 0.497 e. The number of rotatable bonds is 9. The number of hydrogen-bond donors (Lipinski definition) is 1. The predicted molar refractivity (Wildman–Crippen MR) is 104 cm³/mol. The highest BCUT2D eigenvalue weighted by Gasteiger charge is 2.16. The maximum absolute atomic E-state index is 12.1. The Morgan fingerprint density at radius 3 is 2.46 bits per heavy atom. The molecule has 0 saturated heterocycles. The monoisotopic (exact) mass is 407 g/mol. The van der Waals surface area contributed by atoms with Crippen LogP contribution in [0.4, 0.5) is 0 Å². The van der Waals surface area contributed by atoms with Gasteiger partial charge in [-0.3, -0.25) is 4.79 Å². The van der Waals surface area contributed by atoms with E-state index >= 15 is 0 Å². The zero-order valence-electron chi connectivity index (χ0n) is 15.9. The molecule has 0 spiro atoms. The molecule has 2 aromatic carbocycles. The maximum atomic E-state index is 12.1. The quantitative estimate of drug-likeness (QED) is 0.643. The van der Waals surface area contributed by atoms with E-state index in [0.29, 0.717) is 22.3 Å². The molecule has 1 N–H and O–H groups in total. The van der Waals surface area contributed by atoms with E-state index in [1.807, 2.05) is 0 Å². The molecule has 7 nitrogen and oxygen atoms in total. The fourth-order valence-electron chi connectivity index (χ4n) is 2.42. The fourth-order valence-corrected chi connectivity index (χ4v) is 2.62. The minimum Gasteiger partial charge on any atom is -0.497 e. The van der Waals surface area contributed by atoms with Gasteiger partial charge < -0.3 is 24.3 Å². The van der Waals surface area contributed by atoms with Crippen LogP contribution in [0.2, 0.25) is 5.02 Å². The lowest BCUT2D eigenvalue weighted by Gasteiger charge is -2.18. The molecule has 0 fully saturated rings. The maximum Gasteiger partial charge on any atom is 0.344 e. The first-order chi connectivity index (χ1) is 13.4. The molecule has 0 unspecified atom stereocenters. The van der Waals surface area contributed by atoms with E-state index in [1.165, 1.54) is 0 Å². The van der Waals surface area contributed by atoms with Crippen LogP contribution in [0.5, 0.6) is 17.2 Å². The number of methoxy groups -OCH3 is 2. The van der Waals surface area contributed by atoms with Crippen LogP contribution >= 0.6 is 11.6 Å². The van der Waals surface area contributed by atoms with Gasteiger partial charge in [-0.2, -0.15) is 0 Å². The second-order valence-electron chi connectivity index (χ2n) is 5.78. The van der Waals surface area contributed by atoms with Crippen LogP contribution in [0.1, 0.15) is 18.5 Å². The van der Waals surface area contributed by atoms with Gasteiger partial charge in [-0.1, -0.05) is 23.7 Å². The number of carbonyl (C=O) groups excluding carboxylic acids is 2. The standard InChI is InChI=1S/C20H22ClNO6/c1-13(15-10-14(25-2)8-9-17(15)26-3)22-19(23)11-28-20(24)12-27-18-7-5-4-6-16(18)21/h4-10,13H,11-12H2,1-3H3,(H,22,23)/t13-/m1/s1. The summed E-state index contributed by atoms with van der Waals surface area (Å²) >= 11 is 5.94. The van der Waals surface area contributed by atoms with Gasteiger partial charge in [0, 0.05) is 5.56 Å². The number of esters is 1. The predicted octanol–water partition coefficient (Wildman–Crippen LogP) is 3.16. The van der Waals surface area contributed by atoms with Gasteiger partial charge in [0.2, 0.25) is 0 Å². The van der Waals surface area contributed by atoms with E-state index < -0.39 is 18.5 Å². The van der Waals surface area contributed by atoms with E-state index in [1.54, 1.807) is 63.6 Å². The van der Waals surface area contributed by atoms with Gasteiger partial charge in [0.05, 0.1) is 25.3 Å². The molecule has 28 heavy (non-hydrogen) atoms. The minimum atomic E-state index is -0.679. The molecule has 0 radical (unpaired) electrons. The number of benzene rings is 2. The molecule has 0 saturated carbocycles. The van der Waals surface area contributed by atoms with Crippen molar-refractivity contribution >= 4 is 23.5 Å². The van der Waals surface area contributed by atoms with Crippen LogP contribution in [-0.4, -0.2) is 39.3 Å². The summed E-state index contributed by atoms with van der Waals surface area (Å²) < 4.78 is 20.7. The fraction of sp³-hybridized carbons (Fsp3) is 0.300. The first kappa shape index (κ1) is 21.4. The van der Waals surface area contributed by atoms with Gasteiger partial charge in [-0.15, -0.1) is 0 Å². The highest BCUT2D eigenvalue weighted by atomic mass is 35.5. The van der Waals surface area contributed by atoms with Gasteiger partial charge in [0.15, 0.2) is 13.2 Å². The van der Waals surface area contributed by atoms with Crippen molar-refractivity contribution in [1.82, 2.24) is 5.32 Å². The molecule has 2 aromatic rings. The van der Waals surface area contributed by atoms with Crippen LogP contribution in [-0.2, 0) is 14.3 Å². The van der Waals surface area contributed by atoms with Crippen LogP contribution in [0.3, 0.4) is 0 Å². The number of hydrogen-bond acceptors (Lipinski definition) is 6. The zero-order valence-corrected chi connectivity index (χ0v) is 16.6. The van der Waals surface area contributed by atoms with Crippen molar-refractivity contribution in [3.8, 4) is 17.2 Å². The van der Waals surface area contributed by atoms with Crippen molar-refractivity contribution in [3.05, 3.63) is 53.1 Å². The molecule has 0 aliphatic carbocycles. The van der Waals surface area contributed by atoms with Crippen molar-refractivity contribution in [3.63, 3.8) is 0 Å². The van der Waals surface area contributed by atoms with Crippen molar-refractivity contribution in [2.45, 2.75) is 13.0 Å². The Kier molecular flexibility index (Phi) is 7.95. The molecule has 0 heterocycles. The van der Waals surface area contributed by atoms with Crippen LogP contribution in [0.25, 0.3) is 0 Å². The summed E-state index contributed by atoms with van der Waals surface area (Å²) in [5, 5.41) is 3.13. The van der Waals surface area contributed by atoms with E-state index in [-0.39, 0.29) is 12.6 Å². The SMILES string of the molecule is COc1ccc(OC)c([C@@H](C)NC(=O)COC(=O)COc2ccccc2Cl)c1. The highest BCUT2D eigenvalue weighted by molar-refractivity contribution is 6.32. The molecule has 2 rings (SSSR count). The lowest BCUT2D eigenvalue weighted by Crippen LogP contribution is -2.32. The van der Waals surface area contributed by atoms with E-state index in [2.05, 4.69) is 5.32 Å². The molecule has 0 aliphatic heterocycles. The number of carbonyl (C=O) groups is 2. The Labute approximate surface area is 168 Å². The van der Waals surface area contributed by atoms with E-state index in [4.69, 9.17) is 30.5 Å². The molecule has 150 valence electrons. The van der Waals surface area contributed by atoms with Crippen LogP contribution in [0, 0.1) is 0 Å². The lowest BCUT2D eigenvalue weighted by molar-refractivity contribution is -0.150. The average Bonchev–Trinajstić information content (AvgIpc) is 2.71. The van der Waals surface area contributed by atoms with Gasteiger partial charge in [0.1, 0.15) is 17.2 Å². The van der Waals surface area contributed by atoms with E-state index in [9.17, 15) is 9.59 Å². The van der Waals surface area contributed by atoms with Gasteiger partial charge >= 0.3 is 5.97 Å². The smallest absolute Gasteiger partial charge is 0.344 e. The normalized spacial score (nSPS) is 11.3. The molecule has 0 aliphatic rings. The Morgan fingerprint density at radius 1 is 1.04 bits per heavy atom. The topological polar surface area (TPSA) is 83.1 Å². The number of para-hydroxylation sites is 1. The molecule has 0 bridgehead atoms. The number of ether oxygens (including phenoxy) is 4. The summed E-state index contributed by atoms with van der Waals surface area (Å²) in [6.07, 6.45) is 0. The summed E-state index contributed by atoms with van der Waals surface area (Å²) in [4.78, 5) is 23.9. The average molecular weight is 408 g/mol. The molecular weight excluding hydrogens is 386 g/mol. The highest BCUT2D eigenvalue weighted by Crippen LogP contribution is 2.29. The molecular formula is C20H22ClNO6. The Balaban J connectivity index is 1.83. The Bertz CT molecular complexity index is 826. The second-order valence-corrected chi connectivity index (χ2v) is 6.18. The van der Waals surface area contributed by atoms with Crippen molar-refractivity contribution in [1.29, 1.82) is 0 Å². The van der Waals surface area contributed by atoms with Gasteiger partial charge in [0.25, 0.3) is 5.91 Å². The third kappa shape index (κ3) is 6.06. The molecule has 1 atom stereocenters. The Morgan fingerprint density at radius 2 is 1.79 bits per heavy atom. The zero-order chi connectivity index (χ0) is 20.5. The van der Waals surface area contributed by atoms with Crippen LogP contribution < -0.4 is 19.5 Å². The lowest BCUT2D eigenvalue weighted by atomic mass is 10.1. The van der Waals surface area contributed by atoms with Gasteiger partial charge in [-0.25, -0.2) is 4.79 Å². The summed E-state index contributed by atoms with van der Waals surface area (Å²) in [6, 6.07) is 11.7. The molecule has 8 heteroatoms. The minimum absolute atomic E-state index is 0.351. The first-order valence-corrected chi connectivity index (χ1v) is 8.86. The summed E-state index contributed by atoms with van der Waals surface area (Å²) in [5.74, 6) is 0.480. The van der Waals surface area contributed by atoms with Crippen molar-refractivity contribution < 1.29 is 28.5 Å². The van der Waals surface area contributed by atoms with Gasteiger partial charge in [-0.05, 0) is 37.3 Å². The van der Waals surface area contributed by atoms with E-state index in [0.717, 1.165) is 5.56 Å². The number of halogens is 1. The molecule has 1 amide bonds.